The molecule has 1 fully saturated rings. The third-order valence-corrected chi connectivity index (χ3v) is 6.03. The van der Waals surface area contributed by atoms with Gasteiger partial charge in [-0.05, 0) is 81.5 Å². The Morgan fingerprint density at radius 3 is 2.34 bits per heavy atom. The number of hydrogen-bond donors (Lipinski definition) is 2. The number of hydrogen-bond acceptors (Lipinski definition) is 4. The Morgan fingerprint density at radius 1 is 0.906 bits per heavy atom. The fourth-order valence-electron chi connectivity index (χ4n) is 4.20. The lowest BCUT2D eigenvalue weighted by atomic mass is 10.0. The van der Waals surface area contributed by atoms with Gasteiger partial charge in [0.1, 0.15) is 0 Å². The topological polar surface area (TPSA) is 62.2 Å². The normalized spacial score (nSPS) is 15.0. The Balaban J connectivity index is 1.35. The van der Waals surface area contributed by atoms with Crippen LogP contribution in [0.1, 0.15) is 23.2 Å². The summed E-state index contributed by atoms with van der Waals surface area (Å²) in [5, 5.41) is 6.60. The molecule has 1 amide bonds. The lowest BCUT2D eigenvalue weighted by Crippen LogP contribution is -2.43. The lowest BCUT2D eigenvalue weighted by molar-refractivity contribution is 0.0917. The molecule has 1 aliphatic heterocycles. The van der Waals surface area contributed by atoms with Crippen molar-refractivity contribution in [2.24, 2.45) is 0 Å². The third kappa shape index (κ3) is 4.22. The lowest BCUT2D eigenvalue weighted by Gasteiger charge is -2.29. The van der Waals surface area contributed by atoms with Crippen molar-refractivity contribution in [3.63, 3.8) is 0 Å². The minimum absolute atomic E-state index is 0.0115. The van der Waals surface area contributed by atoms with Crippen LogP contribution in [0.4, 0.5) is 11.6 Å². The number of aromatic nitrogens is 2. The van der Waals surface area contributed by atoms with E-state index in [2.05, 4.69) is 45.3 Å². The number of fused-ring (bicyclic) bond motifs is 1. The van der Waals surface area contributed by atoms with Gasteiger partial charge >= 0.3 is 0 Å². The fraction of sp³-hybridized carbons (Fsp3) is 0.231. The van der Waals surface area contributed by atoms with Gasteiger partial charge in [0, 0.05) is 23.0 Å². The number of nitrogens with one attached hydrogen (secondary N) is 2. The molecule has 2 heterocycles. The highest BCUT2D eigenvalue weighted by Gasteiger charge is 2.19. The van der Waals surface area contributed by atoms with Crippen molar-refractivity contribution in [1.82, 2.24) is 19.8 Å². The van der Waals surface area contributed by atoms with Crippen LogP contribution < -0.4 is 10.6 Å². The summed E-state index contributed by atoms with van der Waals surface area (Å²) in [4.78, 5) is 19.8. The van der Waals surface area contributed by atoms with Gasteiger partial charge in [-0.1, -0.05) is 30.3 Å². The van der Waals surface area contributed by atoms with Gasteiger partial charge in [0.25, 0.3) is 5.91 Å². The minimum Gasteiger partial charge on any atom is -0.349 e. The summed E-state index contributed by atoms with van der Waals surface area (Å²) in [6, 6.07) is 26.1. The number of amides is 1. The maximum Gasteiger partial charge on any atom is 0.251 e. The van der Waals surface area contributed by atoms with Crippen LogP contribution in [-0.4, -0.2) is 46.5 Å². The summed E-state index contributed by atoms with van der Waals surface area (Å²) in [6.07, 6.45) is 2.00. The highest BCUT2D eigenvalue weighted by atomic mass is 16.1. The molecular weight excluding hydrogens is 398 g/mol. The van der Waals surface area contributed by atoms with Crippen molar-refractivity contribution in [3.05, 3.63) is 84.4 Å². The van der Waals surface area contributed by atoms with Crippen molar-refractivity contribution < 1.29 is 4.79 Å². The summed E-state index contributed by atoms with van der Waals surface area (Å²) >= 11 is 0. The maximum atomic E-state index is 12.7. The Morgan fingerprint density at radius 2 is 1.59 bits per heavy atom. The van der Waals surface area contributed by atoms with Crippen LogP contribution in [0.3, 0.4) is 0 Å². The molecule has 1 saturated heterocycles. The summed E-state index contributed by atoms with van der Waals surface area (Å²) in [5.41, 5.74) is 4.56. The predicted molar refractivity (Wildman–Crippen MR) is 129 cm³/mol. The number of imidazole rings is 1. The molecule has 0 spiro atoms. The molecule has 0 unspecified atom stereocenters. The molecule has 1 aromatic heterocycles. The maximum absolute atomic E-state index is 12.7. The number of piperidine rings is 1. The molecule has 4 aromatic rings. The van der Waals surface area contributed by atoms with Gasteiger partial charge in [0.2, 0.25) is 5.95 Å². The monoisotopic (exact) mass is 425 g/mol. The molecule has 162 valence electrons. The standard InChI is InChI=1S/C26H27N5O/c1-30-17-15-21(16-18-30)27-25(32)19-11-13-20(14-12-19)28-26-29-23-9-5-6-10-24(23)31(26)22-7-3-2-4-8-22/h2-14,21H,15-18H2,1H3,(H,27,32)(H,28,29). The van der Waals surface area contributed by atoms with Gasteiger partial charge in [0.05, 0.1) is 11.0 Å². The van der Waals surface area contributed by atoms with Gasteiger partial charge in [-0.15, -0.1) is 0 Å². The quantitative estimate of drug-likeness (QED) is 0.491. The van der Waals surface area contributed by atoms with E-state index in [1.165, 1.54) is 0 Å². The van der Waals surface area contributed by atoms with Gasteiger partial charge in [0.15, 0.2) is 0 Å². The molecule has 3 aromatic carbocycles. The molecule has 6 heteroatoms. The molecule has 0 bridgehead atoms. The average Bonchev–Trinajstić information content (AvgIpc) is 3.19. The zero-order valence-electron chi connectivity index (χ0n) is 18.2. The van der Waals surface area contributed by atoms with Crippen LogP contribution in [0.25, 0.3) is 16.7 Å². The number of nitrogens with zero attached hydrogens (tertiary/aromatic N) is 3. The van der Waals surface area contributed by atoms with Crippen molar-refractivity contribution in [1.29, 1.82) is 0 Å². The van der Waals surface area contributed by atoms with Crippen LogP contribution in [0.15, 0.2) is 78.9 Å². The number of carbonyl (C=O) groups is 1. The molecule has 6 nitrogen and oxygen atoms in total. The summed E-state index contributed by atoms with van der Waals surface area (Å²) in [5.74, 6) is 0.726. The first-order valence-electron chi connectivity index (χ1n) is 11.1. The molecule has 1 aliphatic rings. The number of likely N-dealkylation sites (tertiary alicyclic amines) is 1. The van der Waals surface area contributed by atoms with Crippen LogP contribution in [0.5, 0.6) is 0 Å². The number of benzene rings is 3. The van der Waals surface area contributed by atoms with E-state index >= 15 is 0 Å². The Kier molecular flexibility index (Phi) is 5.60. The number of para-hydroxylation sites is 3. The van der Waals surface area contributed by atoms with Crippen molar-refractivity contribution in [2.45, 2.75) is 18.9 Å². The largest absolute Gasteiger partial charge is 0.349 e. The van der Waals surface area contributed by atoms with Crippen molar-refractivity contribution >= 4 is 28.6 Å². The predicted octanol–water partition coefficient (Wildman–Crippen LogP) is 4.59. The SMILES string of the molecule is CN1CCC(NC(=O)c2ccc(Nc3nc4ccccc4n3-c3ccccc3)cc2)CC1. The molecule has 0 saturated carbocycles. The van der Waals surface area contributed by atoms with E-state index in [1.807, 2.05) is 60.7 Å². The third-order valence-electron chi connectivity index (χ3n) is 6.03. The Labute approximate surface area is 187 Å². The number of carbonyl (C=O) groups excluding carboxylic acids is 1. The second kappa shape index (κ2) is 8.85. The van der Waals surface area contributed by atoms with Crippen molar-refractivity contribution in [3.8, 4) is 5.69 Å². The Bertz CT molecular complexity index is 1210. The first-order chi connectivity index (χ1) is 15.7. The van der Waals surface area contributed by atoms with E-state index in [0.717, 1.165) is 54.3 Å². The molecule has 0 radical (unpaired) electrons. The van der Waals surface area contributed by atoms with Crippen LogP contribution in [0.2, 0.25) is 0 Å². The zero-order valence-corrected chi connectivity index (χ0v) is 18.2. The van der Waals surface area contributed by atoms with E-state index < -0.39 is 0 Å². The first-order valence-corrected chi connectivity index (χ1v) is 11.1. The fourth-order valence-corrected chi connectivity index (χ4v) is 4.20. The smallest absolute Gasteiger partial charge is 0.251 e. The van der Waals surface area contributed by atoms with E-state index in [0.29, 0.717) is 5.56 Å². The Hall–Kier alpha value is -3.64. The molecule has 0 aliphatic carbocycles. The van der Waals surface area contributed by atoms with Gasteiger partial charge in [-0.25, -0.2) is 4.98 Å². The summed E-state index contributed by atoms with van der Waals surface area (Å²) < 4.78 is 2.11. The van der Waals surface area contributed by atoms with E-state index in [-0.39, 0.29) is 11.9 Å². The van der Waals surface area contributed by atoms with Crippen LogP contribution in [0, 0.1) is 0 Å². The highest BCUT2D eigenvalue weighted by molar-refractivity contribution is 5.94. The van der Waals surface area contributed by atoms with Crippen molar-refractivity contribution in [2.75, 3.05) is 25.5 Å². The number of rotatable bonds is 5. The highest BCUT2D eigenvalue weighted by Crippen LogP contribution is 2.27. The van der Waals surface area contributed by atoms with Gasteiger partial charge in [-0.2, -0.15) is 0 Å². The molecule has 5 rings (SSSR count). The zero-order chi connectivity index (χ0) is 21.9. The molecular formula is C26H27N5O. The molecule has 2 N–H and O–H groups in total. The van der Waals surface area contributed by atoms with Gasteiger partial charge in [-0.3, -0.25) is 9.36 Å². The minimum atomic E-state index is -0.0115. The second-order valence-electron chi connectivity index (χ2n) is 8.35. The number of anilines is 2. The van der Waals surface area contributed by atoms with E-state index in [9.17, 15) is 4.79 Å². The molecule has 0 atom stereocenters. The van der Waals surface area contributed by atoms with E-state index in [4.69, 9.17) is 4.98 Å². The van der Waals surface area contributed by atoms with E-state index in [1.54, 1.807) is 0 Å². The van der Waals surface area contributed by atoms with Crippen LogP contribution >= 0.6 is 0 Å². The second-order valence-corrected chi connectivity index (χ2v) is 8.35. The first kappa shape index (κ1) is 20.3. The van der Waals surface area contributed by atoms with Gasteiger partial charge < -0.3 is 15.5 Å². The summed E-state index contributed by atoms with van der Waals surface area (Å²) in [7, 11) is 2.12. The average molecular weight is 426 g/mol. The summed E-state index contributed by atoms with van der Waals surface area (Å²) in [6.45, 7) is 2.05. The van der Waals surface area contributed by atoms with Crippen LogP contribution in [-0.2, 0) is 0 Å². The molecule has 32 heavy (non-hydrogen) atoms.